The van der Waals surface area contributed by atoms with Crippen LogP contribution in [-0.2, 0) is 19.1 Å². The summed E-state index contributed by atoms with van der Waals surface area (Å²) >= 11 is 0. The summed E-state index contributed by atoms with van der Waals surface area (Å²) in [5, 5.41) is 5.06. The molecule has 0 aromatic rings. The van der Waals surface area contributed by atoms with E-state index >= 15 is 0 Å². The number of nitrogens with one attached hydrogen (secondary N) is 2. The molecule has 0 rings (SSSR count). The lowest BCUT2D eigenvalue weighted by Crippen LogP contribution is -2.39. The van der Waals surface area contributed by atoms with Gasteiger partial charge in [-0.15, -0.1) is 0 Å². The Morgan fingerprint density at radius 3 is 2.29 bits per heavy atom. The molecular weight excluding hydrogens is 224 g/mol. The number of hydrogen-bond donors (Lipinski definition) is 2. The lowest BCUT2D eigenvalue weighted by Gasteiger charge is -2.09. The Balaban J connectivity index is 3.66. The van der Waals surface area contributed by atoms with Crippen LogP contribution in [0.3, 0.4) is 0 Å². The molecule has 0 bridgehead atoms. The molecule has 0 fully saturated rings. The van der Waals surface area contributed by atoms with Crippen molar-refractivity contribution in [3.63, 3.8) is 0 Å². The van der Waals surface area contributed by atoms with Crippen molar-refractivity contribution in [2.24, 2.45) is 0 Å². The van der Waals surface area contributed by atoms with Crippen molar-refractivity contribution in [3.8, 4) is 0 Å². The first-order valence-corrected chi connectivity index (χ1v) is 5.67. The van der Waals surface area contributed by atoms with E-state index in [0.29, 0.717) is 6.61 Å². The molecule has 0 aromatic heterocycles. The maximum atomic E-state index is 11.2. The van der Waals surface area contributed by atoms with E-state index in [1.165, 1.54) is 0 Å². The van der Waals surface area contributed by atoms with Gasteiger partial charge in [0.1, 0.15) is 0 Å². The van der Waals surface area contributed by atoms with Gasteiger partial charge in [-0.2, -0.15) is 0 Å². The van der Waals surface area contributed by atoms with Gasteiger partial charge < -0.3 is 15.4 Å². The van der Waals surface area contributed by atoms with Crippen molar-refractivity contribution in [2.45, 2.75) is 39.7 Å². The van der Waals surface area contributed by atoms with Crippen LogP contribution in [0.5, 0.6) is 0 Å². The predicted molar refractivity (Wildman–Crippen MR) is 62.2 cm³/mol. The van der Waals surface area contributed by atoms with Gasteiger partial charge in [0, 0.05) is 12.5 Å². The van der Waals surface area contributed by atoms with Crippen molar-refractivity contribution in [1.82, 2.24) is 10.6 Å². The van der Waals surface area contributed by atoms with Gasteiger partial charge in [0.05, 0.1) is 19.6 Å². The monoisotopic (exact) mass is 244 g/mol. The number of rotatable bonds is 7. The first-order valence-electron chi connectivity index (χ1n) is 5.67. The van der Waals surface area contributed by atoms with Gasteiger partial charge in [-0.05, 0) is 20.8 Å². The molecule has 0 aliphatic rings. The number of ether oxygens (including phenoxy) is 1. The molecule has 0 radical (unpaired) electrons. The SMILES string of the molecule is CCOC(=O)CCC(=O)NCC(=O)NC(C)C. The molecule has 0 heterocycles. The molecule has 17 heavy (non-hydrogen) atoms. The van der Waals surface area contributed by atoms with Gasteiger partial charge in [0.2, 0.25) is 11.8 Å². The smallest absolute Gasteiger partial charge is 0.306 e. The van der Waals surface area contributed by atoms with E-state index in [-0.39, 0.29) is 37.2 Å². The van der Waals surface area contributed by atoms with Gasteiger partial charge in [0.25, 0.3) is 0 Å². The van der Waals surface area contributed by atoms with Crippen molar-refractivity contribution in [2.75, 3.05) is 13.2 Å². The lowest BCUT2D eigenvalue weighted by atomic mass is 10.3. The third-order valence-electron chi connectivity index (χ3n) is 1.76. The quantitative estimate of drug-likeness (QED) is 0.616. The summed E-state index contributed by atoms with van der Waals surface area (Å²) in [7, 11) is 0. The summed E-state index contributed by atoms with van der Waals surface area (Å²) in [6.45, 7) is 5.60. The topological polar surface area (TPSA) is 84.5 Å². The summed E-state index contributed by atoms with van der Waals surface area (Å²) in [5.74, 6) is -0.990. The molecule has 98 valence electrons. The summed E-state index contributed by atoms with van der Waals surface area (Å²) in [6.07, 6.45) is 0.0687. The maximum Gasteiger partial charge on any atom is 0.306 e. The average molecular weight is 244 g/mol. The van der Waals surface area contributed by atoms with Crippen LogP contribution in [0, 0.1) is 0 Å². The van der Waals surface area contributed by atoms with Gasteiger partial charge >= 0.3 is 5.97 Å². The average Bonchev–Trinajstić information content (AvgIpc) is 2.23. The Kier molecular flexibility index (Phi) is 7.75. The Bertz CT molecular complexity index is 277. The summed E-state index contributed by atoms with van der Waals surface area (Å²) in [6, 6.07) is 0.0407. The number of carbonyl (C=O) groups excluding carboxylic acids is 3. The van der Waals surface area contributed by atoms with Crippen LogP contribution >= 0.6 is 0 Å². The number of carbonyl (C=O) groups is 3. The summed E-state index contributed by atoms with van der Waals surface area (Å²) in [4.78, 5) is 33.4. The van der Waals surface area contributed by atoms with Crippen molar-refractivity contribution >= 4 is 17.8 Å². The van der Waals surface area contributed by atoms with E-state index in [1.807, 2.05) is 13.8 Å². The Labute approximate surface area is 101 Å². The highest BCUT2D eigenvalue weighted by Gasteiger charge is 2.09. The summed E-state index contributed by atoms with van der Waals surface area (Å²) in [5.41, 5.74) is 0. The Morgan fingerprint density at radius 1 is 1.12 bits per heavy atom. The molecule has 6 nitrogen and oxygen atoms in total. The van der Waals surface area contributed by atoms with Gasteiger partial charge in [0.15, 0.2) is 0 Å². The summed E-state index contributed by atoms with van der Waals surface area (Å²) < 4.78 is 4.67. The molecule has 0 spiro atoms. The van der Waals surface area contributed by atoms with Crippen LogP contribution in [0.15, 0.2) is 0 Å². The van der Waals surface area contributed by atoms with Crippen LogP contribution in [0.25, 0.3) is 0 Å². The highest BCUT2D eigenvalue weighted by Crippen LogP contribution is 1.92. The minimum absolute atomic E-state index is 0.0332. The van der Waals surface area contributed by atoms with E-state index in [4.69, 9.17) is 0 Å². The van der Waals surface area contributed by atoms with Crippen LogP contribution in [-0.4, -0.2) is 37.0 Å². The highest BCUT2D eigenvalue weighted by atomic mass is 16.5. The molecule has 2 N–H and O–H groups in total. The van der Waals surface area contributed by atoms with E-state index in [1.54, 1.807) is 6.92 Å². The lowest BCUT2D eigenvalue weighted by molar-refractivity contribution is -0.144. The van der Waals surface area contributed by atoms with Crippen LogP contribution in [0.1, 0.15) is 33.6 Å². The number of hydrogen-bond acceptors (Lipinski definition) is 4. The fourth-order valence-corrected chi connectivity index (χ4v) is 1.09. The van der Waals surface area contributed by atoms with E-state index in [2.05, 4.69) is 15.4 Å². The highest BCUT2D eigenvalue weighted by molar-refractivity contribution is 5.86. The van der Waals surface area contributed by atoms with Crippen LogP contribution in [0.2, 0.25) is 0 Å². The maximum absolute atomic E-state index is 11.2. The molecule has 0 saturated heterocycles. The first kappa shape index (κ1) is 15.4. The molecule has 0 atom stereocenters. The third-order valence-corrected chi connectivity index (χ3v) is 1.76. The van der Waals surface area contributed by atoms with Crippen LogP contribution < -0.4 is 10.6 Å². The molecule has 0 aromatic carbocycles. The zero-order valence-electron chi connectivity index (χ0n) is 10.5. The molecule has 0 aliphatic carbocycles. The van der Waals surface area contributed by atoms with Gasteiger partial charge in [-0.25, -0.2) is 0 Å². The van der Waals surface area contributed by atoms with Crippen LogP contribution in [0.4, 0.5) is 0 Å². The minimum atomic E-state index is -0.408. The number of amides is 2. The van der Waals surface area contributed by atoms with E-state index in [0.717, 1.165) is 0 Å². The normalized spacial score (nSPS) is 9.88. The second-order valence-electron chi connectivity index (χ2n) is 3.80. The third kappa shape index (κ3) is 9.35. The second-order valence-corrected chi connectivity index (χ2v) is 3.80. The first-order chi connectivity index (χ1) is 7.95. The number of esters is 1. The van der Waals surface area contributed by atoms with Crippen molar-refractivity contribution < 1.29 is 19.1 Å². The standard InChI is InChI=1S/C11H20N2O4/c1-4-17-11(16)6-5-9(14)12-7-10(15)13-8(2)3/h8H,4-7H2,1-3H3,(H,12,14)(H,13,15). The van der Waals surface area contributed by atoms with Crippen molar-refractivity contribution in [3.05, 3.63) is 0 Å². The molecule has 0 aliphatic heterocycles. The van der Waals surface area contributed by atoms with E-state index < -0.39 is 5.97 Å². The molecule has 0 unspecified atom stereocenters. The molecular formula is C11H20N2O4. The second kappa shape index (κ2) is 8.55. The minimum Gasteiger partial charge on any atom is -0.466 e. The van der Waals surface area contributed by atoms with Gasteiger partial charge in [-0.3, -0.25) is 14.4 Å². The molecule has 0 saturated carbocycles. The van der Waals surface area contributed by atoms with Crippen molar-refractivity contribution in [1.29, 1.82) is 0 Å². The zero-order chi connectivity index (χ0) is 13.3. The molecule has 2 amide bonds. The molecule has 6 heteroatoms. The Morgan fingerprint density at radius 2 is 1.76 bits per heavy atom. The van der Waals surface area contributed by atoms with E-state index in [9.17, 15) is 14.4 Å². The largest absolute Gasteiger partial charge is 0.466 e. The zero-order valence-corrected chi connectivity index (χ0v) is 10.5. The fourth-order valence-electron chi connectivity index (χ4n) is 1.09. The Hall–Kier alpha value is -1.59. The fraction of sp³-hybridized carbons (Fsp3) is 0.727. The van der Waals surface area contributed by atoms with Gasteiger partial charge in [-0.1, -0.05) is 0 Å². The predicted octanol–water partition coefficient (Wildman–Crippen LogP) is -0.0295.